The van der Waals surface area contributed by atoms with E-state index in [1.807, 2.05) is 19.1 Å². The highest BCUT2D eigenvalue weighted by Crippen LogP contribution is 2.28. The smallest absolute Gasteiger partial charge is 0.314 e. The lowest BCUT2D eigenvalue weighted by atomic mass is 9.94. The van der Waals surface area contributed by atoms with E-state index in [1.54, 1.807) is 24.5 Å². The molecule has 4 heterocycles. The van der Waals surface area contributed by atoms with Crippen LogP contribution in [0.3, 0.4) is 0 Å². The van der Waals surface area contributed by atoms with Crippen LogP contribution < -0.4 is 16.4 Å². The topological polar surface area (TPSA) is 184 Å². The number of sulfonamides is 1. The van der Waals surface area contributed by atoms with Crippen molar-refractivity contribution in [2.24, 2.45) is 0 Å². The number of carbonyl (C=O) groups is 2. The van der Waals surface area contributed by atoms with Gasteiger partial charge in [-0.05, 0) is 43.0 Å². The Bertz CT molecular complexity index is 1490. The third-order valence-corrected chi connectivity index (χ3v) is 7.50. The molecule has 13 heteroatoms. The fourth-order valence-corrected chi connectivity index (χ4v) is 4.87. The second-order valence-corrected chi connectivity index (χ2v) is 10.4. The van der Waals surface area contributed by atoms with E-state index in [4.69, 9.17) is 5.73 Å². The summed E-state index contributed by atoms with van der Waals surface area (Å²) in [7, 11) is -3.50. The third-order valence-electron chi connectivity index (χ3n) is 5.73. The van der Waals surface area contributed by atoms with Crippen LogP contribution in [0.15, 0.2) is 36.8 Å². The van der Waals surface area contributed by atoms with E-state index in [2.05, 4.69) is 25.6 Å². The number of nitriles is 1. The number of rotatable bonds is 5. The number of nitrogen functional groups attached to an aromatic ring is 1. The van der Waals surface area contributed by atoms with E-state index in [-0.39, 0.29) is 30.5 Å². The van der Waals surface area contributed by atoms with E-state index in [0.717, 1.165) is 15.4 Å². The van der Waals surface area contributed by atoms with Crippen molar-refractivity contribution in [3.05, 3.63) is 42.4 Å². The molecule has 3 aromatic heterocycles. The minimum atomic E-state index is -3.50. The number of hydrogen-bond acceptors (Lipinski definition) is 9. The van der Waals surface area contributed by atoms with Crippen molar-refractivity contribution in [3.8, 4) is 17.3 Å². The number of nitrogens with two attached hydrogens (primary N) is 1. The summed E-state index contributed by atoms with van der Waals surface area (Å²) < 4.78 is 24.9. The van der Waals surface area contributed by atoms with Gasteiger partial charge in [-0.3, -0.25) is 14.6 Å². The van der Waals surface area contributed by atoms with Crippen molar-refractivity contribution in [2.75, 3.05) is 29.9 Å². The summed E-state index contributed by atoms with van der Waals surface area (Å²) in [5.41, 5.74) is 6.98. The molecule has 4 N–H and O–H groups in total. The van der Waals surface area contributed by atoms with E-state index in [9.17, 15) is 23.3 Å². The van der Waals surface area contributed by atoms with Crippen LogP contribution in [-0.4, -0.2) is 63.9 Å². The maximum atomic E-state index is 12.5. The molecule has 0 aromatic carbocycles. The number of aryl methyl sites for hydroxylation is 1. The predicted octanol–water partition coefficient (Wildman–Crippen LogP) is 0.565. The predicted molar refractivity (Wildman–Crippen MR) is 128 cm³/mol. The first-order valence-electron chi connectivity index (χ1n) is 10.6. The largest absolute Gasteiger partial charge is 0.383 e. The molecule has 1 aliphatic heterocycles. The number of nitrogens with one attached hydrogen (secondary N) is 2. The molecule has 4 rings (SSSR count). The summed E-state index contributed by atoms with van der Waals surface area (Å²) >= 11 is 0. The fraction of sp³-hybridized carbons (Fsp3) is 0.273. The highest BCUT2D eigenvalue weighted by molar-refractivity contribution is 7.89. The molecular formula is C22H22N8O4S. The van der Waals surface area contributed by atoms with Crippen LogP contribution in [0.5, 0.6) is 0 Å². The van der Waals surface area contributed by atoms with Crippen LogP contribution in [-0.2, 0) is 19.6 Å². The van der Waals surface area contributed by atoms with E-state index in [0.29, 0.717) is 16.5 Å². The molecule has 0 saturated carbocycles. The molecule has 1 saturated heterocycles. The Morgan fingerprint density at radius 3 is 2.66 bits per heavy atom. The maximum absolute atomic E-state index is 12.5. The van der Waals surface area contributed by atoms with Crippen molar-refractivity contribution < 1.29 is 18.0 Å². The van der Waals surface area contributed by atoms with Gasteiger partial charge in [-0.1, -0.05) is 0 Å². The Morgan fingerprint density at radius 2 is 2.00 bits per heavy atom. The molecule has 0 unspecified atom stereocenters. The maximum Gasteiger partial charge on any atom is 0.314 e. The molecule has 0 radical (unpaired) electrons. The monoisotopic (exact) mass is 494 g/mol. The van der Waals surface area contributed by atoms with Gasteiger partial charge in [0.1, 0.15) is 11.6 Å². The van der Waals surface area contributed by atoms with Crippen LogP contribution in [0.25, 0.3) is 22.0 Å². The average molecular weight is 495 g/mol. The molecular weight excluding hydrogens is 472 g/mol. The SMILES string of the molecule is CCS(=O)(=O)N1CC(C#N)(NC(=O)C(=O)Nc2cc3cc(-c4cnccc4C)nc(N)c3cn2)C1. The number of hydrogen-bond donors (Lipinski definition) is 3. The van der Waals surface area contributed by atoms with Crippen LogP contribution in [0.4, 0.5) is 11.6 Å². The van der Waals surface area contributed by atoms with Crippen molar-refractivity contribution in [1.82, 2.24) is 24.6 Å². The molecule has 1 fully saturated rings. The molecule has 0 aliphatic carbocycles. The van der Waals surface area contributed by atoms with Gasteiger partial charge >= 0.3 is 11.8 Å². The third kappa shape index (κ3) is 4.61. The highest BCUT2D eigenvalue weighted by Gasteiger charge is 2.49. The molecule has 0 atom stereocenters. The van der Waals surface area contributed by atoms with Gasteiger partial charge in [0, 0.05) is 29.5 Å². The van der Waals surface area contributed by atoms with Gasteiger partial charge in [0.25, 0.3) is 0 Å². The van der Waals surface area contributed by atoms with Gasteiger partial charge in [0.05, 0.1) is 30.6 Å². The second-order valence-electron chi connectivity index (χ2n) is 8.14. The lowest BCUT2D eigenvalue weighted by molar-refractivity contribution is -0.137. The fourth-order valence-electron chi connectivity index (χ4n) is 3.67. The lowest BCUT2D eigenvalue weighted by Crippen LogP contribution is -2.71. The molecule has 180 valence electrons. The molecule has 2 amide bonds. The molecule has 3 aromatic rings. The standard InChI is InChI=1S/C22H22N8O4S/c1-3-35(33,34)30-11-22(10-23,12-30)29-21(32)20(31)28-18-7-14-6-17(15-8-25-5-4-13(15)2)27-19(24)16(14)9-26-18/h4-9H,3,11-12H2,1-2H3,(H2,24,27)(H,29,32)(H,26,28,31). The molecule has 35 heavy (non-hydrogen) atoms. The first-order chi connectivity index (χ1) is 16.6. The van der Waals surface area contributed by atoms with Gasteiger partial charge in [0.15, 0.2) is 5.54 Å². The Morgan fingerprint density at radius 1 is 1.26 bits per heavy atom. The Balaban J connectivity index is 1.51. The quantitative estimate of drug-likeness (QED) is 0.426. The molecule has 0 spiro atoms. The molecule has 1 aliphatic rings. The van der Waals surface area contributed by atoms with Crippen molar-refractivity contribution >= 4 is 44.2 Å². The van der Waals surface area contributed by atoms with Gasteiger partial charge in [-0.2, -0.15) is 9.57 Å². The van der Waals surface area contributed by atoms with Crippen LogP contribution in [0.1, 0.15) is 12.5 Å². The molecule has 0 bridgehead atoms. The summed E-state index contributed by atoms with van der Waals surface area (Å²) in [6.45, 7) is 2.95. The summed E-state index contributed by atoms with van der Waals surface area (Å²) in [6, 6.07) is 7.06. The van der Waals surface area contributed by atoms with Crippen molar-refractivity contribution in [3.63, 3.8) is 0 Å². The molecule has 12 nitrogen and oxygen atoms in total. The van der Waals surface area contributed by atoms with E-state index >= 15 is 0 Å². The Hall–Kier alpha value is -4.15. The Kier molecular flexibility index (Phi) is 6.10. The first-order valence-corrected chi connectivity index (χ1v) is 12.2. The minimum Gasteiger partial charge on any atom is -0.383 e. The first kappa shape index (κ1) is 24.0. The van der Waals surface area contributed by atoms with Gasteiger partial charge in [-0.15, -0.1) is 0 Å². The van der Waals surface area contributed by atoms with Crippen LogP contribution >= 0.6 is 0 Å². The zero-order valence-electron chi connectivity index (χ0n) is 18.9. The van der Waals surface area contributed by atoms with Crippen molar-refractivity contribution in [2.45, 2.75) is 19.4 Å². The summed E-state index contributed by atoms with van der Waals surface area (Å²) in [6.07, 6.45) is 4.78. The summed E-state index contributed by atoms with van der Waals surface area (Å²) in [5, 5.41) is 15.4. The summed E-state index contributed by atoms with van der Waals surface area (Å²) in [4.78, 5) is 37.6. The second kappa shape index (κ2) is 8.90. The number of pyridine rings is 3. The Labute approximate surface area is 201 Å². The number of amides is 2. The number of carbonyl (C=O) groups excluding carboxylic acids is 2. The van der Waals surface area contributed by atoms with E-state index in [1.165, 1.54) is 13.1 Å². The van der Waals surface area contributed by atoms with Crippen LogP contribution in [0, 0.1) is 18.3 Å². The minimum absolute atomic E-state index is 0.0897. The van der Waals surface area contributed by atoms with E-state index < -0.39 is 27.4 Å². The average Bonchev–Trinajstić information content (AvgIpc) is 2.80. The van der Waals surface area contributed by atoms with Crippen LogP contribution in [0.2, 0.25) is 0 Å². The van der Waals surface area contributed by atoms with Gasteiger partial charge in [0.2, 0.25) is 10.0 Å². The lowest BCUT2D eigenvalue weighted by Gasteiger charge is -2.44. The number of fused-ring (bicyclic) bond motifs is 1. The normalized spacial score (nSPS) is 15.1. The van der Waals surface area contributed by atoms with Gasteiger partial charge in [-0.25, -0.2) is 18.4 Å². The number of anilines is 2. The number of aromatic nitrogens is 3. The zero-order valence-corrected chi connectivity index (χ0v) is 19.8. The highest BCUT2D eigenvalue weighted by atomic mass is 32.2. The van der Waals surface area contributed by atoms with Crippen molar-refractivity contribution in [1.29, 1.82) is 5.26 Å². The summed E-state index contributed by atoms with van der Waals surface area (Å²) in [5.74, 6) is -1.92. The zero-order chi connectivity index (χ0) is 25.4. The van der Waals surface area contributed by atoms with Gasteiger partial charge < -0.3 is 16.4 Å². The number of nitrogens with zero attached hydrogens (tertiary/aromatic N) is 5.